The Hall–Kier alpha value is -0.900. The molecule has 258 valence electrons. The standard InChI is InChI=1S/C32H63NO2.C7H17N/c1-3-5-7-9-11-13-15-17-19-21-23-25-27-29-31(34)33-32(35)30-28-26-24-22-20-18-16-14-12-10-8-6-4-2;1-3-5-7-8-6-4-2/h3-30H2,1-2H3,(H,33,34,35);8H,3-7H2,1-2H3. The minimum absolute atomic E-state index is 0.0761. The van der Waals surface area contributed by atoms with E-state index in [4.69, 9.17) is 0 Å². The molecule has 2 N–H and O–H groups in total. The molecule has 0 saturated carbocycles. The number of imide groups is 1. The normalized spacial score (nSPS) is 10.9. The lowest BCUT2D eigenvalue weighted by Gasteiger charge is -2.05. The first kappa shape index (κ1) is 44.2. The number of unbranched alkanes of at least 4 members (excludes halogenated alkanes) is 25. The molecule has 4 nitrogen and oxygen atoms in total. The SMILES string of the molecule is CCCCCCCCCCCCCCCC(=O)NC(=O)CCCCCCCCCCCCCCC.CCCCNCCC. The van der Waals surface area contributed by atoms with Crippen molar-refractivity contribution in [2.45, 2.75) is 227 Å². The molecule has 0 radical (unpaired) electrons. The highest BCUT2D eigenvalue weighted by Crippen LogP contribution is 2.14. The van der Waals surface area contributed by atoms with Crippen LogP contribution >= 0.6 is 0 Å². The van der Waals surface area contributed by atoms with Crippen molar-refractivity contribution in [3.63, 3.8) is 0 Å². The van der Waals surface area contributed by atoms with E-state index < -0.39 is 0 Å². The molecule has 0 aliphatic carbocycles. The van der Waals surface area contributed by atoms with Crippen LogP contribution in [0.15, 0.2) is 0 Å². The Bertz CT molecular complexity index is 491. The number of hydrogen-bond acceptors (Lipinski definition) is 3. The highest BCUT2D eigenvalue weighted by Gasteiger charge is 2.07. The van der Waals surface area contributed by atoms with Crippen molar-refractivity contribution in [2.24, 2.45) is 0 Å². The van der Waals surface area contributed by atoms with Gasteiger partial charge in [-0.25, -0.2) is 0 Å². The number of nitrogens with one attached hydrogen (secondary N) is 2. The smallest absolute Gasteiger partial charge is 0.226 e. The zero-order valence-corrected chi connectivity index (χ0v) is 30.2. The quantitative estimate of drug-likeness (QED) is 0.0729. The summed E-state index contributed by atoms with van der Waals surface area (Å²) < 4.78 is 0. The highest BCUT2D eigenvalue weighted by atomic mass is 16.2. The Labute approximate surface area is 271 Å². The van der Waals surface area contributed by atoms with Gasteiger partial charge in [0.15, 0.2) is 0 Å². The van der Waals surface area contributed by atoms with Crippen molar-refractivity contribution < 1.29 is 9.59 Å². The van der Waals surface area contributed by atoms with Gasteiger partial charge in [-0.2, -0.15) is 0 Å². The van der Waals surface area contributed by atoms with E-state index in [9.17, 15) is 9.59 Å². The van der Waals surface area contributed by atoms with Crippen molar-refractivity contribution >= 4 is 11.8 Å². The van der Waals surface area contributed by atoms with Crippen molar-refractivity contribution in [3.05, 3.63) is 0 Å². The van der Waals surface area contributed by atoms with Gasteiger partial charge in [-0.15, -0.1) is 0 Å². The fourth-order valence-corrected chi connectivity index (χ4v) is 5.49. The topological polar surface area (TPSA) is 58.2 Å². The molecular weight excluding hydrogens is 528 g/mol. The number of carbonyl (C=O) groups excluding carboxylic acids is 2. The van der Waals surface area contributed by atoms with E-state index in [1.807, 2.05) is 0 Å². The Morgan fingerprint density at radius 2 is 0.605 bits per heavy atom. The molecule has 0 fully saturated rings. The second-order valence-corrected chi connectivity index (χ2v) is 13.1. The molecule has 0 atom stereocenters. The molecule has 0 saturated heterocycles. The molecule has 0 aromatic carbocycles. The lowest BCUT2D eigenvalue weighted by molar-refractivity contribution is -0.130. The maximum Gasteiger partial charge on any atom is 0.226 e. The third-order valence-corrected chi connectivity index (χ3v) is 8.43. The zero-order valence-electron chi connectivity index (χ0n) is 30.2. The van der Waals surface area contributed by atoms with Crippen LogP contribution in [0.25, 0.3) is 0 Å². The van der Waals surface area contributed by atoms with Gasteiger partial charge in [0.05, 0.1) is 0 Å². The van der Waals surface area contributed by atoms with E-state index in [-0.39, 0.29) is 11.8 Å². The molecule has 0 aromatic heterocycles. The number of hydrogen-bond donors (Lipinski definition) is 2. The van der Waals surface area contributed by atoms with Crippen LogP contribution in [0.1, 0.15) is 227 Å². The monoisotopic (exact) mass is 609 g/mol. The third kappa shape index (κ3) is 43.3. The summed E-state index contributed by atoms with van der Waals surface area (Å²) in [5.74, 6) is -0.152. The summed E-state index contributed by atoms with van der Waals surface area (Å²) in [5, 5.41) is 5.92. The maximum atomic E-state index is 12.0. The van der Waals surface area contributed by atoms with E-state index in [0.717, 1.165) is 25.7 Å². The van der Waals surface area contributed by atoms with E-state index in [1.165, 1.54) is 174 Å². The zero-order chi connectivity index (χ0) is 31.9. The van der Waals surface area contributed by atoms with Crippen molar-refractivity contribution in [1.29, 1.82) is 0 Å². The van der Waals surface area contributed by atoms with Crippen LogP contribution in [0.4, 0.5) is 0 Å². The minimum Gasteiger partial charge on any atom is -0.317 e. The van der Waals surface area contributed by atoms with Gasteiger partial charge in [0.2, 0.25) is 11.8 Å². The van der Waals surface area contributed by atoms with Crippen LogP contribution in [-0.4, -0.2) is 24.9 Å². The van der Waals surface area contributed by atoms with Crippen LogP contribution < -0.4 is 10.6 Å². The van der Waals surface area contributed by atoms with Gasteiger partial charge in [-0.3, -0.25) is 14.9 Å². The van der Waals surface area contributed by atoms with E-state index >= 15 is 0 Å². The summed E-state index contributed by atoms with van der Waals surface area (Å²) in [6, 6.07) is 0. The summed E-state index contributed by atoms with van der Waals surface area (Å²) in [7, 11) is 0. The molecule has 2 amide bonds. The van der Waals surface area contributed by atoms with Gasteiger partial charge >= 0.3 is 0 Å². The second kappa shape index (κ2) is 41.1. The van der Waals surface area contributed by atoms with Crippen molar-refractivity contribution in [3.8, 4) is 0 Å². The van der Waals surface area contributed by atoms with Crippen LogP contribution in [0.2, 0.25) is 0 Å². The first-order chi connectivity index (χ1) is 21.1. The molecule has 0 aliphatic heterocycles. The first-order valence-electron chi connectivity index (χ1n) is 19.7. The molecule has 0 rings (SSSR count). The molecule has 0 aromatic rings. The Balaban J connectivity index is 0. The predicted octanol–water partition coefficient (Wildman–Crippen LogP) is 12.4. The Morgan fingerprint density at radius 1 is 0.326 bits per heavy atom. The molecule has 43 heavy (non-hydrogen) atoms. The minimum atomic E-state index is -0.0761. The van der Waals surface area contributed by atoms with Crippen molar-refractivity contribution in [1.82, 2.24) is 10.6 Å². The fourth-order valence-electron chi connectivity index (χ4n) is 5.49. The van der Waals surface area contributed by atoms with Crippen LogP contribution in [0.5, 0.6) is 0 Å². The van der Waals surface area contributed by atoms with Gasteiger partial charge in [0, 0.05) is 12.8 Å². The summed E-state index contributed by atoms with van der Waals surface area (Å²) in [5.41, 5.74) is 0. The van der Waals surface area contributed by atoms with Gasteiger partial charge in [0.25, 0.3) is 0 Å². The third-order valence-electron chi connectivity index (χ3n) is 8.43. The van der Waals surface area contributed by atoms with Gasteiger partial charge in [0.1, 0.15) is 0 Å². The average molecular weight is 609 g/mol. The van der Waals surface area contributed by atoms with E-state index in [0.29, 0.717) is 12.8 Å². The summed E-state index contributed by atoms with van der Waals surface area (Å²) in [6.07, 6.45) is 38.8. The molecule has 0 heterocycles. The van der Waals surface area contributed by atoms with Crippen LogP contribution in [0.3, 0.4) is 0 Å². The van der Waals surface area contributed by atoms with E-state index in [1.54, 1.807) is 0 Å². The second-order valence-electron chi connectivity index (χ2n) is 13.1. The lowest BCUT2D eigenvalue weighted by Crippen LogP contribution is -2.29. The van der Waals surface area contributed by atoms with Gasteiger partial charge in [-0.05, 0) is 38.8 Å². The summed E-state index contributed by atoms with van der Waals surface area (Å²) >= 11 is 0. The largest absolute Gasteiger partial charge is 0.317 e. The molecular formula is C39H80N2O2. The average Bonchev–Trinajstić information content (AvgIpc) is 3.00. The molecule has 0 bridgehead atoms. The van der Waals surface area contributed by atoms with Crippen molar-refractivity contribution in [2.75, 3.05) is 13.1 Å². The Morgan fingerprint density at radius 3 is 0.884 bits per heavy atom. The van der Waals surface area contributed by atoms with Crippen LogP contribution in [0, 0.1) is 0 Å². The molecule has 4 heteroatoms. The maximum absolute atomic E-state index is 12.0. The van der Waals surface area contributed by atoms with Gasteiger partial charge < -0.3 is 5.32 Å². The lowest BCUT2D eigenvalue weighted by atomic mass is 10.0. The number of carbonyl (C=O) groups is 2. The molecule has 0 unspecified atom stereocenters. The Kier molecular flexibility index (Phi) is 42.3. The fraction of sp³-hybridized carbons (Fsp3) is 0.949. The summed E-state index contributed by atoms with van der Waals surface area (Å²) in [6.45, 7) is 11.3. The first-order valence-corrected chi connectivity index (χ1v) is 19.7. The number of amides is 2. The van der Waals surface area contributed by atoms with Gasteiger partial charge in [-0.1, -0.05) is 188 Å². The number of rotatable bonds is 33. The molecule has 0 aliphatic rings. The van der Waals surface area contributed by atoms with E-state index in [2.05, 4.69) is 38.3 Å². The predicted molar refractivity (Wildman–Crippen MR) is 192 cm³/mol. The molecule has 0 spiro atoms. The van der Waals surface area contributed by atoms with Crippen LogP contribution in [-0.2, 0) is 9.59 Å². The highest BCUT2D eigenvalue weighted by molar-refractivity contribution is 5.95. The summed E-state index contributed by atoms with van der Waals surface area (Å²) in [4.78, 5) is 23.9.